The van der Waals surface area contributed by atoms with E-state index in [-0.39, 0.29) is 0 Å². The molecule has 0 aliphatic heterocycles. The van der Waals surface area contributed by atoms with Crippen molar-refractivity contribution in [3.05, 3.63) is 42.0 Å². The molecule has 1 aromatic rings. The molecule has 0 atom stereocenters. The van der Waals surface area contributed by atoms with Gasteiger partial charge in [-0.15, -0.1) is 0 Å². The summed E-state index contributed by atoms with van der Waals surface area (Å²) in [6, 6.07) is 10.1. The second-order valence-electron chi connectivity index (χ2n) is 4.74. The Morgan fingerprint density at radius 1 is 1.26 bits per heavy atom. The molecule has 2 N–H and O–H groups in total. The summed E-state index contributed by atoms with van der Waals surface area (Å²) in [6.07, 6.45) is 5.35. The highest BCUT2D eigenvalue weighted by atomic mass is 16.4. The van der Waals surface area contributed by atoms with Gasteiger partial charge < -0.3 is 10.4 Å². The number of carboxylic acid groups (broad SMARTS) is 1. The smallest absolute Gasteiger partial charge is 0.310 e. The first kappa shape index (κ1) is 15.4. The SMILES string of the molecule is CCC(CC)(CNC/C=C/c1ccccc1)C(=O)O. The van der Waals surface area contributed by atoms with Crippen LogP contribution in [0.3, 0.4) is 0 Å². The Morgan fingerprint density at radius 2 is 1.89 bits per heavy atom. The van der Waals surface area contributed by atoms with Gasteiger partial charge in [-0.3, -0.25) is 4.79 Å². The number of nitrogens with one attached hydrogen (secondary N) is 1. The molecular formula is C16H23NO2. The van der Waals surface area contributed by atoms with Crippen LogP contribution in [-0.2, 0) is 4.79 Å². The molecule has 0 bridgehead atoms. The van der Waals surface area contributed by atoms with Gasteiger partial charge in [-0.05, 0) is 18.4 Å². The molecule has 0 unspecified atom stereocenters. The van der Waals surface area contributed by atoms with Crippen LogP contribution in [-0.4, -0.2) is 24.2 Å². The number of carboxylic acids is 1. The van der Waals surface area contributed by atoms with Crippen molar-refractivity contribution in [2.75, 3.05) is 13.1 Å². The zero-order chi connectivity index (χ0) is 14.1. The van der Waals surface area contributed by atoms with Crippen LogP contribution in [0, 0.1) is 5.41 Å². The van der Waals surface area contributed by atoms with E-state index in [4.69, 9.17) is 0 Å². The monoisotopic (exact) mass is 261 g/mol. The van der Waals surface area contributed by atoms with Gasteiger partial charge in [0.2, 0.25) is 0 Å². The third kappa shape index (κ3) is 4.52. The molecule has 19 heavy (non-hydrogen) atoms. The molecule has 1 rings (SSSR count). The highest BCUT2D eigenvalue weighted by molar-refractivity contribution is 5.74. The van der Waals surface area contributed by atoms with Crippen LogP contribution in [0.15, 0.2) is 36.4 Å². The molecule has 0 aliphatic rings. The molecule has 0 saturated carbocycles. The van der Waals surface area contributed by atoms with Crippen LogP contribution < -0.4 is 5.32 Å². The van der Waals surface area contributed by atoms with E-state index in [0.717, 1.165) is 5.56 Å². The van der Waals surface area contributed by atoms with E-state index in [9.17, 15) is 9.90 Å². The first-order valence-electron chi connectivity index (χ1n) is 6.80. The predicted molar refractivity (Wildman–Crippen MR) is 79.0 cm³/mol. The molecule has 0 aromatic heterocycles. The molecule has 3 heteroatoms. The number of rotatable bonds is 8. The lowest BCUT2D eigenvalue weighted by molar-refractivity contribution is -0.149. The molecule has 104 valence electrons. The fraction of sp³-hybridized carbons (Fsp3) is 0.438. The Balaban J connectivity index is 2.41. The average Bonchev–Trinajstić information content (AvgIpc) is 2.44. The minimum absolute atomic E-state index is 0.508. The Morgan fingerprint density at radius 3 is 2.42 bits per heavy atom. The Kier molecular flexibility index (Phi) is 6.30. The second kappa shape index (κ2) is 7.74. The zero-order valence-electron chi connectivity index (χ0n) is 11.7. The number of carbonyl (C=O) groups is 1. The van der Waals surface area contributed by atoms with E-state index in [1.54, 1.807) is 0 Å². The van der Waals surface area contributed by atoms with Crippen molar-refractivity contribution in [3.63, 3.8) is 0 Å². The first-order valence-corrected chi connectivity index (χ1v) is 6.80. The van der Waals surface area contributed by atoms with Crippen molar-refractivity contribution in [3.8, 4) is 0 Å². The highest BCUT2D eigenvalue weighted by Gasteiger charge is 2.33. The van der Waals surface area contributed by atoms with Gasteiger partial charge in [-0.25, -0.2) is 0 Å². The normalized spacial score (nSPS) is 11.9. The van der Waals surface area contributed by atoms with Crippen LogP contribution in [0.4, 0.5) is 0 Å². The van der Waals surface area contributed by atoms with Crippen molar-refractivity contribution in [1.82, 2.24) is 5.32 Å². The molecule has 0 heterocycles. The number of aliphatic carboxylic acids is 1. The topological polar surface area (TPSA) is 49.3 Å². The van der Waals surface area contributed by atoms with Crippen LogP contribution >= 0.6 is 0 Å². The standard InChI is InChI=1S/C16H23NO2/c1-3-16(4-2,15(18)19)13-17-12-8-11-14-9-6-5-7-10-14/h5-11,17H,3-4,12-13H2,1-2H3,(H,18,19)/b11-8+. The average molecular weight is 261 g/mol. The maximum absolute atomic E-state index is 11.3. The molecule has 0 radical (unpaired) electrons. The fourth-order valence-electron chi connectivity index (χ4n) is 2.03. The zero-order valence-corrected chi connectivity index (χ0v) is 11.7. The summed E-state index contributed by atoms with van der Waals surface area (Å²) in [5.41, 5.74) is 0.514. The number of hydrogen-bond acceptors (Lipinski definition) is 2. The van der Waals surface area contributed by atoms with Gasteiger partial charge in [0.05, 0.1) is 5.41 Å². The van der Waals surface area contributed by atoms with Crippen molar-refractivity contribution < 1.29 is 9.90 Å². The van der Waals surface area contributed by atoms with Crippen LogP contribution in [0.25, 0.3) is 6.08 Å². The minimum Gasteiger partial charge on any atom is -0.481 e. The van der Waals surface area contributed by atoms with Crippen LogP contribution in [0.5, 0.6) is 0 Å². The lowest BCUT2D eigenvalue weighted by atomic mass is 9.82. The van der Waals surface area contributed by atoms with Crippen molar-refractivity contribution >= 4 is 12.0 Å². The second-order valence-corrected chi connectivity index (χ2v) is 4.74. The van der Waals surface area contributed by atoms with Crippen molar-refractivity contribution in [1.29, 1.82) is 0 Å². The molecule has 0 amide bonds. The van der Waals surface area contributed by atoms with E-state index in [1.807, 2.05) is 56.3 Å². The Hall–Kier alpha value is -1.61. The summed E-state index contributed by atoms with van der Waals surface area (Å²) in [5, 5.41) is 12.5. The van der Waals surface area contributed by atoms with Gasteiger partial charge in [0.25, 0.3) is 0 Å². The molecule has 0 aliphatic carbocycles. The van der Waals surface area contributed by atoms with Crippen molar-refractivity contribution in [2.45, 2.75) is 26.7 Å². The number of hydrogen-bond donors (Lipinski definition) is 2. The van der Waals surface area contributed by atoms with E-state index in [0.29, 0.717) is 25.9 Å². The Labute approximate surface area is 115 Å². The highest BCUT2D eigenvalue weighted by Crippen LogP contribution is 2.25. The summed E-state index contributed by atoms with van der Waals surface area (Å²) >= 11 is 0. The summed E-state index contributed by atoms with van der Waals surface area (Å²) < 4.78 is 0. The van der Waals surface area contributed by atoms with Crippen LogP contribution in [0.2, 0.25) is 0 Å². The summed E-state index contributed by atoms with van der Waals surface area (Å²) in [6.45, 7) is 5.05. The lowest BCUT2D eigenvalue weighted by Crippen LogP contribution is -2.40. The fourth-order valence-corrected chi connectivity index (χ4v) is 2.03. The van der Waals surface area contributed by atoms with E-state index >= 15 is 0 Å². The molecule has 3 nitrogen and oxygen atoms in total. The van der Waals surface area contributed by atoms with E-state index < -0.39 is 11.4 Å². The summed E-state index contributed by atoms with van der Waals surface area (Å²) in [4.78, 5) is 11.3. The first-order chi connectivity index (χ1) is 9.14. The third-order valence-corrected chi connectivity index (χ3v) is 3.64. The van der Waals surface area contributed by atoms with Crippen molar-refractivity contribution in [2.24, 2.45) is 5.41 Å². The summed E-state index contributed by atoms with van der Waals surface area (Å²) in [5.74, 6) is -0.711. The third-order valence-electron chi connectivity index (χ3n) is 3.64. The molecular weight excluding hydrogens is 238 g/mol. The quantitative estimate of drug-likeness (QED) is 0.707. The van der Waals surface area contributed by atoms with Gasteiger partial charge in [0.1, 0.15) is 0 Å². The van der Waals surface area contributed by atoms with E-state index in [1.165, 1.54) is 0 Å². The maximum Gasteiger partial charge on any atom is 0.310 e. The van der Waals surface area contributed by atoms with Crippen LogP contribution in [0.1, 0.15) is 32.3 Å². The van der Waals surface area contributed by atoms with Gasteiger partial charge in [-0.2, -0.15) is 0 Å². The molecule has 1 aromatic carbocycles. The van der Waals surface area contributed by atoms with Gasteiger partial charge in [0, 0.05) is 13.1 Å². The summed E-state index contributed by atoms with van der Waals surface area (Å²) in [7, 11) is 0. The minimum atomic E-state index is -0.711. The van der Waals surface area contributed by atoms with E-state index in [2.05, 4.69) is 5.32 Å². The van der Waals surface area contributed by atoms with Gasteiger partial charge in [0.15, 0.2) is 0 Å². The predicted octanol–water partition coefficient (Wildman–Crippen LogP) is 3.18. The Bertz CT molecular complexity index is 408. The molecule has 0 spiro atoms. The largest absolute Gasteiger partial charge is 0.481 e. The number of benzene rings is 1. The maximum atomic E-state index is 11.3. The molecule has 0 fully saturated rings. The molecule has 0 saturated heterocycles. The lowest BCUT2D eigenvalue weighted by Gasteiger charge is -2.26. The van der Waals surface area contributed by atoms with Gasteiger partial charge in [-0.1, -0.05) is 56.3 Å². The van der Waals surface area contributed by atoms with Gasteiger partial charge >= 0.3 is 5.97 Å².